The molecule has 0 unspecified atom stereocenters. The van der Waals surface area contributed by atoms with Gasteiger partial charge in [-0.1, -0.05) is 6.08 Å². The van der Waals surface area contributed by atoms with Crippen LogP contribution in [0.5, 0.6) is 0 Å². The molecular formula is C10H13N5. The van der Waals surface area contributed by atoms with Crippen LogP contribution >= 0.6 is 0 Å². The highest BCUT2D eigenvalue weighted by atomic mass is 15.3. The molecule has 2 heterocycles. The van der Waals surface area contributed by atoms with Crippen LogP contribution in [0.4, 0.5) is 11.6 Å². The number of fused-ring (bicyclic) bond motifs is 1. The molecule has 0 saturated heterocycles. The molecule has 0 amide bonds. The van der Waals surface area contributed by atoms with Gasteiger partial charge in [-0.05, 0) is 12.1 Å². The van der Waals surface area contributed by atoms with Crippen molar-refractivity contribution in [2.24, 2.45) is 0 Å². The highest BCUT2D eigenvalue weighted by Gasteiger charge is 2.05. The Kier molecular flexibility index (Phi) is 2.53. The van der Waals surface area contributed by atoms with Gasteiger partial charge in [0, 0.05) is 19.8 Å². The molecule has 0 fully saturated rings. The fourth-order valence-corrected chi connectivity index (χ4v) is 1.34. The second-order valence-electron chi connectivity index (χ2n) is 3.05. The lowest BCUT2D eigenvalue weighted by molar-refractivity contribution is 0.959. The first kappa shape index (κ1) is 9.51. The van der Waals surface area contributed by atoms with Gasteiger partial charge in [-0.25, -0.2) is 4.52 Å². The fraction of sp³-hybridized carbons (Fsp3) is 0.200. The molecule has 78 valence electrons. The Bertz CT molecular complexity index is 474. The molecule has 0 aliphatic heterocycles. The molecule has 15 heavy (non-hydrogen) atoms. The third kappa shape index (κ3) is 1.76. The number of hydrogen-bond acceptors (Lipinski definition) is 4. The van der Waals surface area contributed by atoms with Crippen LogP contribution in [-0.4, -0.2) is 28.2 Å². The van der Waals surface area contributed by atoms with Crippen LogP contribution in [0, 0.1) is 0 Å². The van der Waals surface area contributed by atoms with E-state index in [4.69, 9.17) is 0 Å². The summed E-state index contributed by atoms with van der Waals surface area (Å²) in [4.78, 5) is 4.35. The Balaban J connectivity index is 2.41. The highest BCUT2D eigenvalue weighted by Crippen LogP contribution is 2.14. The van der Waals surface area contributed by atoms with E-state index in [2.05, 4.69) is 27.3 Å². The first-order valence-electron chi connectivity index (χ1n) is 4.73. The van der Waals surface area contributed by atoms with Gasteiger partial charge in [-0.3, -0.25) is 0 Å². The maximum atomic E-state index is 4.35. The number of nitrogens with one attached hydrogen (secondary N) is 2. The van der Waals surface area contributed by atoms with E-state index in [0.717, 1.165) is 11.3 Å². The second kappa shape index (κ2) is 4.00. The summed E-state index contributed by atoms with van der Waals surface area (Å²) >= 11 is 0. The molecule has 0 aliphatic carbocycles. The molecule has 2 aromatic heterocycles. The molecule has 2 N–H and O–H groups in total. The summed E-state index contributed by atoms with van der Waals surface area (Å²) in [6, 6.07) is 3.88. The number of pyridine rings is 1. The molecule has 0 spiro atoms. The minimum absolute atomic E-state index is 0.609. The van der Waals surface area contributed by atoms with E-state index in [1.165, 1.54) is 0 Å². The monoisotopic (exact) mass is 203 g/mol. The Labute approximate surface area is 87.8 Å². The van der Waals surface area contributed by atoms with Crippen molar-refractivity contribution in [3.63, 3.8) is 0 Å². The van der Waals surface area contributed by atoms with Gasteiger partial charge in [0.1, 0.15) is 0 Å². The summed E-state index contributed by atoms with van der Waals surface area (Å²) in [5.41, 5.74) is 1.77. The fourth-order valence-electron chi connectivity index (χ4n) is 1.34. The molecule has 0 saturated carbocycles. The van der Waals surface area contributed by atoms with E-state index in [0.29, 0.717) is 12.5 Å². The number of rotatable bonds is 4. The smallest absolute Gasteiger partial charge is 0.243 e. The highest BCUT2D eigenvalue weighted by molar-refractivity contribution is 5.67. The zero-order chi connectivity index (χ0) is 10.7. The van der Waals surface area contributed by atoms with Crippen LogP contribution in [0.1, 0.15) is 0 Å². The summed E-state index contributed by atoms with van der Waals surface area (Å²) in [6.45, 7) is 4.28. The lowest BCUT2D eigenvalue weighted by Gasteiger charge is -1.98. The van der Waals surface area contributed by atoms with E-state index in [9.17, 15) is 0 Å². The topological polar surface area (TPSA) is 54.2 Å². The van der Waals surface area contributed by atoms with Gasteiger partial charge in [0.15, 0.2) is 5.65 Å². The number of nitrogens with zero attached hydrogens (tertiary/aromatic N) is 3. The van der Waals surface area contributed by atoms with Gasteiger partial charge in [0.25, 0.3) is 0 Å². The molecule has 0 aromatic carbocycles. The van der Waals surface area contributed by atoms with E-state index in [-0.39, 0.29) is 0 Å². The Morgan fingerprint density at radius 2 is 2.47 bits per heavy atom. The molecule has 2 rings (SSSR count). The summed E-state index contributed by atoms with van der Waals surface area (Å²) in [5.74, 6) is 0.609. The summed E-state index contributed by atoms with van der Waals surface area (Å²) < 4.78 is 1.73. The van der Waals surface area contributed by atoms with E-state index < -0.39 is 0 Å². The van der Waals surface area contributed by atoms with Crippen molar-refractivity contribution in [2.75, 3.05) is 24.2 Å². The second-order valence-corrected chi connectivity index (χ2v) is 3.05. The zero-order valence-corrected chi connectivity index (χ0v) is 8.57. The van der Waals surface area contributed by atoms with Crippen molar-refractivity contribution < 1.29 is 0 Å². The molecule has 0 atom stereocenters. The average Bonchev–Trinajstić information content (AvgIpc) is 2.68. The van der Waals surface area contributed by atoms with Gasteiger partial charge in [-0.15, -0.1) is 11.7 Å². The molecular weight excluding hydrogens is 190 g/mol. The zero-order valence-electron chi connectivity index (χ0n) is 8.57. The van der Waals surface area contributed by atoms with Crippen LogP contribution < -0.4 is 10.6 Å². The largest absolute Gasteiger partial charge is 0.385 e. The van der Waals surface area contributed by atoms with E-state index >= 15 is 0 Å². The Morgan fingerprint density at radius 1 is 1.60 bits per heavy atom. The minimum atomic E-state index is 0.609. The predicted octanol–water partition coefficient (Wildman–Crippen LogP) is 1.37. The molecule has 0 radical (unpaired) electrons. The average molecular weight is 203 g/mol. The van der Waals surface area contributed by atoms with Crippen molar-refractivity contribution in [1.82, 2.24) is 14.6 Å². The predicted molar refractivity (Wildman–Crippen MR) is 61.2 cm³/mol. The Morgan fingerprint density at radius 3 is 3.20 bits per heavy atom. The number of anilines is 2. The van der Waals surface area contributed by atoms with Crippen LogP contribution in [0.25, 0.3) is 5.65 Å². The summed E-state index contributed by atoms with van der Waals surface area (Å²) in [6.07, 6.45) is 3.63. The normalized spacial score (nSPS) is 10.2. The summed E-state index contributed by atoms with van der Waals surface area (Å²) in [5, 5.41) is 10.4. The maximum absolute atomic E-state index is 4.35. The van der Waals surface area contributed by atoms with E-state index in [1.807, 2.05) is 25.4 Å². The SMILES string of the molecule is C=CCNc1nc2c(NC)cccn2n1. The van der Waals surface area contributed by atoms with Gasteiger partial charge < -0.3 is 10.6 Å². The van der Waals surface area contributed by atoms with Gasteiger partial charge in [0.2, 0.25) is 5.95 Å². The molecule has 5 heteroatoms. The van der Waals surface area contributed by atoms with Gasteiger partial charge >= 0.3 is 0 Å². The van der Waals surface area contributed by atoms with Crippen LogP contribution in [0.15, 0.2) is 31.0 Å². The summed E-state index contributed by atoms with van der Waals surface area (Å²) in [7, 11) is 1.86. The van der Waals surface area contributed by atoms with Crippen LogP contribution in [0.2, 0.25) is 0 Å². The van der Waals surface area contributed by atoms with Crippen molar-refractivity contribution in [1.29, 1.82) is 0 Å². The van der Waals surface area contributed by atoms with E-state index in [1.54, 1.807) is 10.6 Å². The lowest BCUT2D eigenvalue weighted by Crippen LogP contribution is -1.99. The van der Waals surface area contributed by atoms with Gasteiger partial charge in [-0.2, -0.15) is 4.98 Å². The molecule has 0 aliphatic rings. The van der Waals surface area contributed by atoms with Gasteiger partial charge in [0.05, 0.1) is 5.69 Å². The number of aromatic nitrogens is 3. The van der Waals surface area contributed by atoms with Crippen molar-refractivity contribution in [3.8, 4) is 0 Å². The van der Waals surface area contributed by atoms with Crippen LogP contribution in [-0.2, 0) is 0 Å². The lowest BCUT2D eigenvalue weighted by atomic mass is 10.4. The molecule has 0 bridgehead atoms. The molecule has 5 nitrogen and oxygen atoms in total. The maximum Gasteiger partial charge on any atom is 0.243 e. The van der Waals surface area contributed by atoms with Crippen molar-refractivity contribution >= 4 is 17.3 Å². The van der Waals surface area contributed by atoms with Crippen molar-refractivity contribution in [3.05, 3.63) is 31.0 Å². The Hall–Kier alpha value is -2.04. The minimum Gasteiger partial charge on any atom is -0.385 e. The first-order chi connectivity index (χ1) is 7.35. The number of hydrogen-bond donors (Lipinski definition) is 2. The first-order valence-corrected chi connectivity index (χ1v) is 4.73. The third-order valence-electron chi connectivity index (χ3n) is 2.04. The quantitative estimate of drug-likeness (QED) is 0.737. The molecule has 2 aromatic rings. The van der Waals surface area contributed by atoms with Crippen LogP contribution in [0.3, 0.4) is 0 Å². The third-order valence-corrected chi connectivity index (χ3v) is 2.04. The standard InChI is InChI=1S/C10H13N5/c1-3-6-12-10-13-9-8(11-2)5-4-7-15(9)14-10/h3-5,7,11H,1,6H2,2H3,(H,12,14). The van der Waals surface area contributed by atoms with Crippen molar-refractivity contribution in [2.45, 2.75) is 0 Å².